The Hall–Kier alpha value is -16.5. The number of nitrogens with zero attached hydrogens (tertiary/aromatic N) is 4. The molecule has 2 amide bonds. The number of aldehydes is 3. The molecule has 0 saturated carbocycles. The second-order valence-corrected chi connectivity index (χ2v) is 32.7. The van der Waals surface area contributed by atoms with E-state index in [1.165, 1.54) is 21.3 Å². The fourth-order valence-corrected chi connectivity index (χ4v) is 16.0. The first-order valence-electron chi connectivity index (χ1n) is 46.8. The number of benzene rings is 13. The van der Waals surface area contributed by atoms with Crippen molar-refractivity contribution in [2.45, 2.75) is 84.3 Å². The number of pyridine rings is 2. The van der Waals surface area contributed by atoms with Crippen LogP contribution in [0.15, 0.2) is 310 Å². The molecule has 1 aliphatic heterocycles. The number of aromatic hydroxyl groups is 1. The topological polar surface area (TPSA) is 295 Å². The van der Waals surface area contributed by atoms with E-state index >= 15 is 0 Å². The molecule has 13 aromatic carbocycles. The molecule has 28 heteroatoms. The molecular weight excluding hydrogens is 1870 g/mol. The number of phenols is 1. The zero-order valence-electron chi connectivity index (χ0n) is 84.2. The molecule has 1 N–H and O–H groups in total. The van der Waals surface area contributed by atoms with Crippen molar-refractivity contribution in [1.82, 2.24) is 19.8 Å². The van der Waals surface area contributed by atoms with Gasteiger partial charge in [-0.05, 0) is 220 Å². The van der Waals surface area contributed by atoms with Crippen LogP contribution in [0.4, 0.5) is 9.59 Å². The Labute approximate surface area is 854 Å². The minimum absolute atomic E-state index is 0. The van der Waals surface area contributed by atoms with Crippen molar-refractivity contribution < 1.29 is 110 Å². The molecule has 0 spiro atoms. The van der Waals surface area contributed by atoms with Gasteiger partial charge in [0.15, 0.2) is 76.4 Å². The second-order valence-electron chi connectivity index (χ2n) is 32.7. The van der Waals surface area contributed by atoms with Gasteiger partial charge in [-0.1, -0.05) is 176 Å². The SMILES string of the molecule is CCOC(=O)N(CC(OC)OC)C(Cc1cccc(OC)c1)c1ccc(OC)c(OCc2ccccc2)c1.CCOC(=O)N1C=Cc2cc(OC)c(OCc3ccccc3)cc2C1Cc1cccc(OC)c1.COc1ccc(C=O)cc1OCc1ccccc1.COc1cccc(Cc2ncc(C=O)c3cc(OC)c(O)cc23)c1.COc1cccc(Cc2ncc(C=O)c3cc(OC)c(OCc4ccccc4)cc23)c1.P. The Morgan fingerprint density at radius 1 is 0.384 bits per heavy atom. The third-order valence-electron chi connectivity index (χ3n) is 23.5. The van der Waals surface area contributed by atoms with Gasteiger partial charge in [0.2, 0.25) is 0 Å². The van der Waals surface area contributed by atoms with Crippen molar-refractivity contribution in [3.63, 3.8) is 0 Å². The molecule has 16 rings (SSSR count). The zero-order valence-corrected chi connectivity index (χ0v) is 85.6. The predicted molar refractivity (Wildman–Crippen MR) is 568 cm³/mol. The number of rotatable bonds is 40. The van der Waals surface area contributed by atoms with E-state index in [2.05, 4.69) is 9.97 Å². The Morgan fingerprint density at radius 2 is 0.781 bits per heavy atom. The lowest BCUT2D eigenvalue weighted by molar-refractivity contribution is -0.117. The molecule has 0 fully saturated rings. The van der Waals surface area contributed by atoms with Crippen LogP contribution in [0.25, 0.3) is 27.6 Å². The maximum atomic E-state index is 13.3. The van der Waals surface area contributed by atoms with Gasteiger partial charge in [-0.15, -0.1) is 0 Å². The van der Waals surface area contributed by atoms with Gasteiger partial charge in [0, 0.05) is 73.1 Å². The van der Waals surface area contributed by atoms with Crippen molar-refractivity contribution >= 4 is 68.6 Å². The number of amides is 2. The molecule has 0 saturated heterocycles. The summed E-state index contributed by atoms with van der Waals surface area (Å²) < 4.78 is 94.2. The molecule has 0 bridgehead atoms. The van der Waals surface area contributed by atoms with E-state index in [1.54, 1.807) is 129 Å². The molecule has 0 radical (unpaired) electrons. The van der Waals surface area contributed by atoms with Gasteiger partial charge in [-0.2, -0.15) is 9.90 Å². The van der Waals surface area contributed by atoms with Crippen molar-refractivity contribution in [3.8, 4) is 80.5 Å². The largest absolute Gasteiger partial charge is 0.504 e. The number of hydrogen-bond donors (Lipinski definition) is 1. The molecule has 2 aromatic heterocycles. The van der Waals surface area contributed by atoms with Crippen LogP contribution in [0.2, 0.25) is 0 Å². The Morgan fingerprint density at radius 3 is 1.23 bits per heavy atom. The van der Waals surface area contributed by atoms with E-state index in [9.17, 15) is 29.1 Å². The van der Waals surface area contributed by atoms with Gasteiger partial charge < -0.3 is 85.6 Å². The number of carbonyl (C=O) groups is 5. The molecule has 3 unspecified atom stereocenters. The van der Waals surface area contributed by atoms with Gasteiger partial charge in [0.05, 0.1) is 107 Å². The van der Waals surface area contributed by atoms with Gasteiger partial charge >= 0.3 is 12.2 Å². The van der Waals surface area contributed by atoms with Crippen LogP contribution in [0.3, 0.4) is 0 Å². The van der Waals surface area contributed by atoms with E-state index in [-0.39, 0.29) is 40.9 Å². The Bertz CT molecular complexity index is 6780. The molecule has 3 heterocycles. The highest BCUT2D eigenvalue weighted by Gasteiger charge is 2.34. The summed E-state index contributed by atoms with van der Waals surface area (Å²) in [5.41, 5.74) is 14.3. The van der Waals surface area contributed by atoms with E-state index in [1.807, 2.05) is 267 Å². The van der Waals surface area contributed by atoms with Crippen LogP contribution in [0.1, 0.15) is 130 Å². The smallest absolute Gasteiger partial charge is 0.414 e. The molecule has 0 aliphatic carbocycles. The van der Waals surface area contributed by atoms with Gasteiger partial charge in [-0.25, -0.2) is 9.59 Å². The summed E-state index contributed by atoms with van der Waals surface area (Å²) in [4.78, 5) is 72.0. The normalized spacial score (nSPS) is 11.6. The average Bonchev–Trinajstić information content (AvgIpc) is 0.773. The molecule has 1 aliphatic rings. The quantitative estimate of drug-likeness (QED) is 0.0212. The van der Waals surface area contributed by atoms with E-state index in [4.69, 9.17) is 80.5 Å². The molecule has 27 nitrogen and oxygen atoms in total. The number of ether oxygens (including phenoxy) is 17. The summed E-state index contributed by atoms with van der Waals surface area (Å²) >= 11 is 0. The maximum Gasteiger partial charge on any atom is 0.414 e. The third kappa shape index (κ3) is 30.5. The minimum atomic E-state index is -0.640. The van der Waals surface area contributed by atoms with E-state index in [0.29, 0.717) is 133 Å². The van der Waals surface area contributed by atoms with Crippen molar-refractivity contribution in [1.29, 1.82) is 0 Å². The summed E-state index contributed by atoms with van der Waals surface area (Å²) in [6.45, 7) is 5.92. The lowest BCUT2D eigenvalue weighted by atomic mass is 9.91. The first-order chi connectivity index (χ1) is 70.8. The van der Waals surface area contributed by atoms with Crippen molar-refractivity contribution in [3.05, 3.63) is 399 Å². The Kier molecular flexibility index (Phi) is 42.9. The average molecular weight is 2000 g/mol. The molecule has 15 aromatic rings. The monoisotopic (exact) mass is 1990 g/mol. The molecular formula is C118H123N4O23P. The summed E-state index contributed by atoms with van der Waals surface area (Å²) in [5, 5.41) is 13.1. The second kappa shape index (κ2) is 57.0. The van der Waals surface area contributed by atoms with Gasteiger partial charge in [0.1, 0.15) is 55.7 Å². The summed E-state index contributed by atoms with van der Waals surface area (Å²) in [6, 6.07) is 91.8. The predicted octanol–water partition coefficient (Wildman–Crippen LogP) is 23.4. The zero-order chi connectivity index (χ0) is 103. The minimum Gasteiger partial charge on any atom is -0.504 e. The number of carbonyl (C=O) groups excluding carboxylic acids is 5. The summed E-state index contributed by atoms with van der Waals surface area (Å²) in [7, 11) is 17.5. The molecule has 146 heavy (non-hydrogen) atoms. The van der Waals surface area contributed by atoms with Crippen LogP contribution in [0, 0.1) is 0 Å². The summed E-state index contributed by atoms with van der Waals surface area (Å²) in [5.74, 6) is 8.22. The van der Waals surface area contributed by atoms with Gasteiger partial charge in [-0.3, -0.25) is 34.2 Å². The Balaban J connectivity index is 0.000000177. The highest BCUT2D eigenvalue weighted by Crippen LogP contribution is 2.44. The van der Waals surface area contributed by atoms with Crippen LogP contribution in [-0.2, 0) is 71.1 Å². The first-order valence-corrected chi connectivity index (χ1v) is 46.8. The van der Waals surface area contributed by atoms with Crippen LogP contribution in [0.5, 0.6) is 80.5 Å². The summed E-state index contributed by atoms with van der Waals surface area (Å²) in [6.07, 6.45) is 9.89. The number of hydrogen-bond acceptors (Lipinski definition) is 25. The first kappa shape index (κ1) is 110. The third-order valence-corrected chi connectivity index (χ3v) is 23.5. The van der Waals surface area contributed by atoms with Crippen molar-refractivity contribution in [2.24, 2.45) is 0 Å². The lowest BCUT2D eigenvalue weighted by Gasteiger charge is -2.33. The highest BCUT2D eigenvalue weighted by molar-refractivity contribution is 6.92. The van der Waals surface area contributed by atoms with Crippen LogP contribution >= 0.6 is 9.90 Å². The standard InChI is InChI=1S/C30H37NO7.C28H29NO5.C26H23NO4.C19H17NO4.C15H14O3.H3P/c1-6-37-30(32)31(20-29(35-4)36-5)26(18-23-13-10-14-25(17-23)33-2)24-15-16-27(34-3)28(19-24)38-21-22-11-8-7-9-12-22;1-4-33-28(30)29-14-13-22-17-26(32-3)27(34-19-20-9-6-5-7-10-20)18-24(22)25(29)16-21-11-8-12-23(15-21)31-2;1-29-21-10-6-9-19(11-21)12-24-23-14-26(31-17-18-7-4-3-5-8-18)25(30-2)13-22(23)20(16-28)15-27-24;1-23-14-5-3-4-12(6-14)7-17-16-8-18(22)19(24-2)9-15(16)13(11-21)10-20-17;1-17-14-8-7-13(10-16)9-15(14)18-11-12-5-3-2-4-6-12;/h7-17,19,26,29H,6,18,20-21H2,1-5H3;5-15,17-18,25H,4,16,19H2,1-3H3;3-11,13-16H,12,17H2,1-2H3;3-6,8-11,22H,7H2,1-2H3;2-10H,11H2,1H3;1H3. The fourth-order valence-electron chi connectivity index (χ4n) is 16.0. The van der Waals surface area contributed by atoms with Crippen molar-refractivity contribution in [2.75, 3.05) is 98.0 Å². The van der Waals surface area contributed by atoms with Crippen LogP contribution < -0.4 is 61.6 Å². The molecule has 3 atom stereocenters. The number of methoxy groups -OCH3 is 11. The maximum absolute atomic E-state index is 13.3. The highest BCUT2D eigenvalue weighted by atomic mass is 31.0. The lowest BCUT2D eigenvalue weighted by Crippen LogP contribution is -2.42. The van der Waals surface area contributed by atoms with Crippen LogP contribution in [-0.4, -0.2) is 160 Å². The number of aromatic nitrogens is 2. The fraction of sp³-hybridized carbons (Fsp3) is 0.229. The van der Waals surface area contributed by atoms with E-state index < -0.39 is 18.4 Å². The van der Waals surface area contributed by atoms with E-state index in [0.717, 1.165) is 131 Å². The number of phenolic OH excluding ortho intramolecular Hbond substituents is 1. The molecule has 758 valence electrons. The van der Waals surface area contributed by atoms with Gasteiger partial charge in [0.25, 0.3) is 0 Å². The number of fused-ring (bicyclic) bond motifs is 3.